The van der Waals surface area contributed by atoms with Gasteiger partial charge in [0.15, 0.2) is 0 Å². The monoisotopic (exact) mass is 383 g/mol. The van der Waals surface area contributed by atoms with E-state index in [1.54, 1.807) is 0 Å². The molecule has 1 unspecified atom stereocenters. The molecule has 0 saturated heterocycles. The molecule has 0 spiro atoms. The number of allylic oxidation sites excluding steroid dienone is 1. The molecule has 1 aliphatic heterocycles. The molecule has 0 bridgehead atoms. The minimum absolute atomic E-state index is 0.00548. The van der Waals surface area contributed by atoms with Gasteiger partial charge in [0.25, 0.3) is 0 Å². The van der Waals surface area contributed by atoms with Crippen LogP contribution in [0.1, 0.15) is 38.3 Å². The number of carbonyl (C=O) groups is 1. The number of rotatable bonds is 1. The van der Waals surface area contributed by atoms with Crippen molar-refractivity contribution in [2.45, 2.75) is 32.7 Å². The molecule has 1 heterocycles. The summed E-state index contributed by atoms with van der Waals surface area (Å²) in [5.74, 6) is 0.211. The van der Waals surface area contributed by atoms with E-state index in [0.717, 1.165) is 28.0 Å². The molecular formula is C20H19N2OSe. The van der Waals surface area contributed by atoms with E-state index >= 15 is 0 Å². The van der Waals surface area contributed by atoms with Crippen LogP contribution >= 0.6 is 0 Å². The summed E-state index contributed by atoms with van der Waals surface area (Å²) < 4.78 is 0.761. The van der Waals surface area contributed by atoms with Gasteiger partial charge in [-0.1, -0.05) is 0 Å². The third-order valence-electron chi connectivity index (χ3n) is 4.79. The van der Waals surface area contributed by atoms with Crippen molar-refractivity contribution in [1.29, 1.82) is 0 Å². The maximum atomic E-state index is 12.8. The molecule has 0 amide bonds. The van der Waals surface area contributed by atoms with Crippen LogP contribution in [0.2, 0.25) is 0 Å². The predicted octanol–water partition coefficient (Wildman–Crippen LogP) is 3.65. The van der Waals surface area contributed by atoms with Crippen molar-refractivity contribution in [3.63, 3.8) is 0 Å². The molecular weight excluding hydrogens is 363 g/mol. The van der Waals surface area contributed by atoms with E-state index < -0.39 is 0 Å². The zero-order valence-electron chi connectivity index (χ0n) is 13.8. The molecule has 1 atom stereocenters. The first-order valence-corrected chi connectivity index (χ1v) is 9.05. The molecule has 24 heavy (non-hydrogen) atoms. The van der Waals surface area contributed by atoms with Crippen molar-refractivity contribution in [2.24, 2.45) is 10.4 Å². The number of aliphatic imine (C=N–C) groups is 1. The van der Waals surface area contributed by atoms with Crippen LogP contribution in [0, 0.1) is 5.41 Å². The molecule has 1 aliphatic carbocycles. The molecule has 2 aliphatic rings. The predicted molar refractivity (Wildman–Crippen MR) is 98.1 cm³/mol. The van der Waals surface area contributed by atoms with Crippen LogP contribution in [-0.4, -0.2) is 26.5 Å². The molecule has 3 nitrogen and oxygen atoms in total. The van der Waals surface area contributed by atoms with Gasteiger partial charge in [0.2, 0.25) is 0 Å². The molecule has 0 saturated carbocycles. The van der Waals surface area contributed by atoms with E-state index in [1.165, 1.54) is 10.8 Å². The third kappa shape index (κ3) is 2.70. The first-order chi connectivity index (χ1) is 11.4. The molecule has 1 N–H and O–H groups in total. The fourth-order valence-corrected chi connectivity index (χ4v) is 4.21. The Bertz CT molecular complexity index is 911. The Morgan fingerprint density at radius 2 is 1.88 bits per heavy atom. The van der Waals surface area contributed by atoms with Gasteiger partial charge in [0, 0.05) is 0 Å². The fourth-order valence-electron chi connectivity index (χ4n) is 3.73. The molecule has 2 aromatic rings. The van der Waals surface area contributed by atoms with Gasteiger partial charge in [-0.2, -0.15) is 0 Å². The first-order valence-electron chi connectivity index (χ1n) is 8.20. The van der Waals surface area contributed by atoms with E-state index in [0.29, 0.717) is 6.42 Å². The van der Waals surface area contributed by atoms with Crippen molar-refractivity contribution < 1.29 is 4.79 Å². The second kappa shape index (κ2) is 5.58. The van der Waals surface area contributed by atoms with Crippen molar-refractivity contribution in [2.75, 3.05) is 0 Å². The van der Waals surface area contributed by atoms with Crippen molar-refractivity contribution in [3.05, 3.63) is 59.3 Å². The van der Waals surface area contributed by atoms with Gasteiger partial charge in [-0.3, -0.25) is 0 Å². The summed E-state index contributed by atoms with van der Waals surface area (Å²) in [6.45, 7) is 4.29. The molecule has 2 aromatic carbocycles. The van der Waals surface area contributed by atoms with Crippen LogP contribution in [0.3, 0.4) is 0 Å². The summed E-state index contributed by atoms with van der Waals surface area (Å²) in [5, 5.41) is 5.67. The molecule has 0 aromatic heterocycles. The van der Waals surface area contributed by atoms with E-state index in [4.69, 9.17) is 4.99 Å². The molecule has 4 rings (SSSR count). The van der Waals surface area contributed by atoms with Gasteiger partial charge in [-0.05, 0) is 0 Å². The zero-order valence-corrected chi connectivity index (χ0v) is 15.5. The van der Waals surface area contributed by atoms with Crippen molar-refractivity contribution >= 4 is 37.3 Å². The Kier molecular flexibility index (Phi) is 3.63. The van der Waals surface area contributed by atoms with Crippen LogP contribution in [0.15, 0.2) is 58.7 Å². The van der Waals surface area contributed by atoms with Crippen molar-refractivity contribution in [3.8, 4) is 0 Å². The Labute approximate surface area is 150 Å². The van der Waals surface area contributed by atoms with Gasteiger partial charge in [0.1, 0.15) is 0 Å². The number of fused-ring (bicyclic) bond motifs is 1. The molecule has 1 radical (unpaired) electrons. The standard InChI is InChI=1S/C20H19N2OSe/c1-20(2)10-15-17(16(23)11-20)18(22-19(24)21-15)14-8-7-12-5-3-4-6-13(12)9-14/h3-9,18H,10-11H2,1-2H3,(H,21,22). The number of hydrogen-bond donors (Lipinski definition) is 1. The zero-order chi connectivity index (χ0) is 16.9. The molecule has 0 fully saturated rings. The summed E-state index contributed by atoms with van der Waals surface area (Å²) in [6, 6.07) is 14.4. The normalized spacial score (nSPS) is 22.8. The SMILES string of the molecule is CC1(C)CC(=O)C2=C(C1)NC([Se])=NC2c1ccc2ccccc2c1. The number of amidine groups is 1. The summed E-state index contributed by atoms with van der Waals surface area (Å²) in [7, 11) is 0. The summed E-state index contributed by atoms with van der Waals surface area (Å²) >= 11 is 2.98. The second-order valence-electron chi connectivity index (χ2n) is 7.40. The Morgan fingerprint density at radius 3 is 2.67 bits per heavy atom. The number of Topliss-reactive ketones (excluding diaryl/α,β-unsaturated/α-hetero) is 1. The van der Waals surface area contributed by atoms with Crippen LogP contribution in [0.25, 0.3) is 10.8 Å². The number of hydrogen-bond acceptors (Lipinski definition) is 3. The van der Waals surface area contributed by atoms with Gasteiger partial charge in [-0.25, -0.2) is 0 Å². The molecule has 4 heteroatoms. The number of nitrogens with one attached hydrogen (secondary N) is 1. The van der Waals surface area contributed by atoms with Crippen LogP contribution in [0.4, 0.5) is 0 Å². The van der Waals surface area contributed by atoms with Gasteiger partial charge in [0.05, 0.1) is 0 Å². The average molecular weight is 382 g/mol. The van der Waals surface area contributed by atoms with Crippen molar-refractivity contribution in [1.82, 2.24) is 5.32 Å². The first kappa shape index (κ1) is 15.6. The maximum absolute atomic E-state index is 12.8. The summed E-state index contributed by atoms with van der Waals surface area (Å²) in [4.78, 5) is 17.5. The van der Waals surface area contributed by atoms with Gasteiger partial charge < -0.3 is 0 Å². The van der Waals surface area contributed by atoms with Crippen LogP contribution < -0.4 is 5.32 Å². The topological polar surface area (TPSA) is 41.5 Å². The second-order valence-corrected chi connectivity index (χ2v) is 8.21. The Morgan fingerprint density at radius 1 is 1.12 bits per heavy atom. The van der Waals surface area contributed by atoms with Gasteiger partial charge >= 0.3 is 150 Å². The van der Waals surface area contributed by atoms with E-state index in [-0.39, 0.29) is 17.2 Å². The van der Waals surface area contributed by atoms with Crippen LogP contribution in [0.5, 0.6) is 0 Å². The average Bonchev–Trinajstić information content (AvgIpc) is 2.52. The third-order valence-corrected chi connectivity index (χ3v) is 5.22. The molecule has 121 valence electrons. The summed E-state index contributed by atoms with van der Waals surface area (Å²) in [6.07, 6.45) is 1.45. The Hall–Kier alpha value is -1.90. The summed E-state index contributed by atoms with van der Waals surface area (Å²) in [5.41, 5.74) is 2.93. The van der Waals surface area contributed by atoms with E-state index in [9.17, 15) is 4.79 Å². The number of benzene rings is 2. The van der Waals surface area contributed by atoms with E-state index in [1.807, 2.05) is 12.1 Å². The number of ketones is 1. The Balaban J connectivity index is 1.84. The minimum atomic E-state index is -0.217. The number of nitrogens with zero attached hydrogens (tertiary/aromatic N) is 1. The van der Waals surface area contributed by atoms with Crippen LogP contribution in [-0.2, 0) is 4.79 Å². The van der Waals surface area contributed by atoms with E-state index in [2.05, 4.69) is 65.5 Å². The fraction of sp³-hybridized carbons (Fsp3) is 0.300. The quantitative estimate of drug-likeness (QED) is 0.765. The van der Waals surface area contributed by atoms with Gasteiger partial charge in [-0.15, -0.1) is 0 Å². The number of carbonyl (C=O) groups excluding carboxylic acids is 1.